The topological polar surface area (TPSA) is 113 Å². The van der Waals surface area contributed by atoms with Gasteiger partial charge in [-0.25, -0.2) is 9.67 Å². The second kappa shape index (κ2) is 8.78. The number of ether oxygens (including phenoxy) is 2. The molecule has 0 bridgehead atoms. The molecule has 1 N–H and O–H groups in total. The molecule has 10 heteroatoms. The van der Waals surface area contributed by atoms with Gasteiger partial charge in [-0.1, -0.05) is 11.3 Å². The van der Waals surface area contributed by atoms with Crippen LogP contribution in [0.15, 0.2) is 41.0 Å². The number of aromatic nitrogens is 6. The van der Waals surface area contributed by atoms with E-state index in [1.165, 1.54) is 0 Å². The molecule has 10 nitrogen and oxygen atoms in total. The lowest BCUT2D eigenvalue weighted by molar-refractivity contribution is 0.00961. The molecule has 0 spiro atoms. The van der Waals surface area contributed by atoms with E-state index >= 15 is 0 Å². The molecule has 1 aliphatic heterocycles. The summed E-state index contributed by atoms with van der Waals surface area (Å²) in [4.78, 5) is 13.7. The molecule has 160 valence electrons. The molecule has 1 unspecified atom stereocenters. The Kier molecular flexibility index (Phi) is 5.55. The van der Waals surface area contributed by atoms with Gasteiger partial charge in [-0.05, 0) is 37.1 Å². The van der Waals surface area contributed by atoms with E-state index in [1.807, 2.05) is 30.3 Å². The lowest BCUT2D eigenvalue weighted by Gasteiger charge is -2.10. The first kappa shape index (κ1) is 19.6. The number of furan rings is 1. The van der Waals surface area contributed by atoms with Gasteiger partial charge in [-0.3, -0.25) is 4.98 Å². The fraction of sp³-hybridized carbons (Fsp3) is 0.381. The molecular weight excluding hydrogens is 398 g/mol. The van der Waals surface area contributed by atoms with Crippen LogP contribution in [-0.4, -0.2) is 56.3 Å². The molecule has 4 aromatic heterocycles. The lowest BCUT2D eigenvalue weighted by Crippen LogP contribution is -2.14. The van der Waals surface area contributed by atoms with Gasteiger partial charge < -0.3 is 19.2 Å². The van der Waals surface area contributed by atoms with Gasteiger partial charge in [-0.15, -0.1) is 5.10 Å². The van der Waals surface area contributed by atoms with Gasteiger partial charge >= 0.3 is 0 Å². The van der Waals surface area contributed by atoms with Crippen molar-refractivity contribution < 1.29 is 13.9 Å². The number of nitrogens with one attached hydrogen (secondary N) is 1. The van der Waals surface area contributed by atoms with Crippen molar-refractivity contribution in [2.24, 2.45) is 0 Å². The fourth-order valence-corrected chi connectivity index (χ4v) is 3.58. The molecule has 1 fully saturated rings. The molecule has 1 aliphatic rings. The Labute approximate surface area is 178 Å². The standard InChI is InChI=1S/C21H23N7O3/c1-22-21-24-18(17-8-4-10-31-17)19-20(25-21)28(27-26-19)11-14-5-2-6-15(23-14)12-29-13-16-7-3-9-30-16/h2,4-6,8,10,16H,3,7,9,11-13H2,1H3,(H,22,24,25). The Morgan fingerprint density at radius 2 is 2.10 bits per heavy atom. The van der Waals surface area contributed by atoms with E-state index in [0.29, 0.717) is 48.3 Å². The van der Waals surface area contributed by atoms with Crippen LogP contribution in [0.4, 0.5) is 5.95 Å². The maximum absolute atomic E-state index is 5.79. The summed E-state index contributed by atoms with van der Waals surface area (Å²) in [5.74, 6) is 1.08. The molecule has 0 amide bonds. The van der Waals surface area contributed by atoms with E-state index in [0.717, 1.165) is 30.8 Å². The second-order valence-corrected chi connectivity index (χ2v) is 7.31. The monoisotopic (exact) mass is 421 g/mol. The Morgan fingerprint density at radius 1 is 1.16 bits per heavy atom. The molecule has 0 radical (unpaired) electrons. The van der Waals surface area contributed by atoms with E-state index in [1.54, 1.807) is 18.0 Å². The van der Waals surface area contributed by atoms with Crippen LogP contribution in [-0.2, 0) is 22.6 Å². The second-order valence-electron chi connectivity index (χ2n) is 7.31. The zero-order valence-electron chi connectivity index (χ0n) is 17.2. The molecule has 1 saturated heterocycles. The highest BCUT2D eigenvalue weighted by Crippen LogP contribution is 2.26. The first-order valence-corrected chi connectivity index (χ1v) is 10.3. The van der Waals surface area contributed by atoms with Crippen molar-refractivity contribution in [1.29, 1.82) is 0 Å². The third-order valence-corrected chi connectivity index (χ3v) is 5.09. The normalized spacial score (nSPS) is 16.2. The van der Waals surface area contributed by atoms with Crippen molar-refractivity contribution in [3.8, 4) is 11.5 Å². The number of pyridine rings is 1. The van der Waals surface area contributed by atoms with Gasteiger partial charge in [0.15, 0.2) is 16.9 Å². The molecule has 0 aliphatic carbocycles. The predicted octanol–water partition coefficient (Wildman–Crippen LogP) is 2.66. The van der Waals surface area contributed by atoms with E-state index in [9.17, 15) is 0 Å². The Hall–Kier alpha value is -3.37. The van der Waals surface area contributed by atoms with Gasteiger partial charge in [0.25, 0.3) is 0 Å². The van der Waals surface area contributed by atoms with Gasteiger partial charge in [0.1, 0.15) is 5.69 Å². The van der Waals surface area contributed by atoms with Crippen molar-refractivity contribution in [3.63, 3.8) is 0 Å². The fourth-order valence-electron chi connectivity index (χ4n) is 3.58. The lowest BCUT2D eigenvalue weighted by atomic mass is 10.2. The van der Waals surface area contributed by atoms with Gasteiger partial charge in [0, 0.05) is 13.7 Å². The minimum Gasteiger partial charge on any atom is -0.463 e. The van der Waals surface area contributed by atoms with Crippen molar-refractivity contribution in [3.05, 3.63) is 48.0 Å². The zero-order chi connectivity index (χ0) is 21.0. The molecule has 0 saturated carbocycles. The first-order valence-electron chi connectivity index (χ1n) is 10.3. The van der Waals surface area contributed by atoms with Crippen LogP contribution in [0.5, 0.6) is 0 Å². The number of anilines is 1. The molecule has 5 rings (SSSR count). The quantitative estimate of drug-likeness (QED) is 0.459. The summed E-state index contributed by atoms with van der Waals surface area (Å²) >= 11 is 0. The van der Waals surface area contributed by atoms with Crippen LogP contribution in [0.25, 0.3) is 22.6 Å². The number of hydrogen-bond acceptors (Lipinski definition) is 9. The Bertz CT molecular complexity index is 1150. The Balaban J connectivity index is 1.36. The molecule has 0 aromatic carbocycles. The molecule has 1 atom stereocenters. The van der Waals surface area contributed by atoms with Crippen LogP contribution in [0.3, 0.4) is 0 Å². The Morgan fingerprint density at radius 3 is 2.90 bits per heavy atom. The molecular formula is C21H23N7O3. The minimum atomic E-state index is 0.203. The first-order chi connectivity index (χ1) is 15.3. The summed E-state index contributed by atoms with van der Waals surface area (Å²) in [5.41, 5.74) is 3.48. The van der Waals surface area contributed by atoms with E-state index in [4.69, 9.17) is 18.9 Å². The van der Waals surface area contributed by atoms with Crippen LogP contribution < -0.4 is 5.32 Å². The molecule has 5 heterocycles. The number of fused-ring (bicyclic) bond motifs is 1. The highest BCUT2D eigenvalue weighted by molar-refractivity contribution is 5.86. The van der Waals surface area contributed by atoms with Crippen LogP contribution in [0.1, 0.15) is 24.2 Å². The average molecular weight is 421 g/mol. The van der Waals surface area contributed by atoms with Crippen LogP contribution >= 0.6 is 0 Å². The maximum atomic E-state index is 5.79. The maximum Gasteiger partial charge on any atom is 0.225 e. The average Bonchev–Trinajstić information content (AvgIpc) is 3.56. The highest BCUT2D eigenvalue weighted by atomic mass is 16.5. The van der Waals surface area contributed by atoms with Gasteiger partial charge in [0.05, 0.1) is 43.5 Å². The smallest absolute Gasteiger partial charge is 0.225 e. The van der Waals surface area contributed by atoms with E-state index in [-0.39, 0.29) is 6.10 Å². The number of rotatable bonds is 8. The minimum absolute atomic E-state index is 0.203. The van der Waals surface area contributed by atoms with Crippen molar-refractivity contribution >= 4 is 17.1 Å². The van der Waals surface area contributed by atoms with Crippen molar-refractivity contribution in [1.82, 2.24) is 29.9 Å². The summed E-state index contributed by atoms with van der Waals surface area (Å²) < 4.78 is 18.6. The predicted molar refractivity (Wildman–Crippen MR) is 112 cm³/mol. The molecule has 31 heavy (non-hydrogen) atoms. The molecule has 4 aromatic rings. The number of nitrogens with zero attached hydrogens (tertiary/aromatic N) is 6. The van der Waals surface area contributed by atoms with Crippen LogP contribution in [0.2, 0.25) is 0 Å². The summed E-state index contributed by atoms with van der Waals surface area (Å²) in [6.07, 6.45) is 3.97. The SMILES string of the molecule is CNc1nc(-c2ccco2)c2nnn(Cc3cccc(COCC4CCCO4)n3)c2n1. The summed E-state index contributed by atoms with van der Waals surface area (Å²) in [7, 11) is 1.77. The van der Waals surface area contributed by atoms with E-state index in [2.05, 4.69) is 25.6 Å². The van der Waals surface area contributed by atoms with E-state index < -0.39 is 0 Å². The zero-order valence-corrected chi connectivity index (χ0v) is 17.2. The number of hydrogen-bond donors (Lipinski definition) is 1. The van der Waals surface area contributed by atoms with Crippen molar-refractivity contribution in [2.45, 2.75) is 32.1 Å². The summed E-state index contributed by atoms with van der Waals surface area (Å²) in [6.45, 7) is 2.29. The summed E-state index contributed by atoms with van der Waals surface area (Å²) in [5, 5.41) is 11.6. The third-order valence-electron chi connectivity index (χ3n) is 5.09. The van der Waals surface area contributed by atoms with Gasteiger partial charge in [0.2, 0.25) is 5.95 Å². The third kappa shape index (κ3) is 4.25. The van der Waals surface area contributed by atoms with Crippen LogP contribution in [0, 0.1) is 0 Å². The largest absolute Gasteiger partial charge is 0.463 e. The highest BCUT2D eigenvalue weighted by Gasteiger charge is 2.18. The van der Waals surface area contributed by atoms with Gasteiger partial charge in [-0.2, -0.15) is 4.98 Å². The van der Waals surface area contributed by atoms with Crippen molar-refractivity contribution in [2.75, 3.05) is 25.6 Å². The summed E-state index contributed by atoms with van der Waals surface area (Å²) in [6, 6.07) is 9.51.